The summed E-state index contributed by atoms with van der Waals surface area (Å²) in [5.41, 5.74) is 3.50. The Hall–Kier alpha value is -1.47. The van der Waals surface area contributed by atoms with Crippen LogP contribution in [0, 0.1) is 0 Å². The zero-order chi connectivity index (χ0) is 12.8. The topological polar surface area (TPSA) is 57.7 Å². The van der Waals surface area contributed by atoms with Gasteiger partial charge in [-0.25, -0.2) is 9.97 Å². The van der Waals surface area contributed by atoms with Gasteiger partial charge in [0.25, 0.3) is 0 Å². The normalized spacial score (nSPS) is 14.9. The fourth-order valence-electron chi connectivity index (χ4n) is 2.44. The molecule has 4 rings (SSSR count). The van der Waals surface area contributed by atoms with Crippen molar-refractivity contribution in [2.45, 2.75) is 13.0 Å². The monoisotopic (exact) mass is 335 g/mol. The largest absolute Gasteiger partial charge is 0.350 e. The molecule has 0 fully saturated rings. The first-order valence-electron chi connectivity index (χ1n) is 5.97. The Morgan fingerprint density at radius 3 is 3.26 bits per heavy atom. The Morgan fingerprint density at radius 2 is 2.32 bits per heavy atom. The number of rotatable bonds is 1. The molecule has 0 radical (unpaired) electrons. The molecule has 1 aliphatic heterocycles. The average Bonchev–Trinajstić information content (AvgIpc) is 3.01. The van der Waals surface area contributed by atoms with Gasteiger partial charge in [-0.05, 0) is 22.0 Å². The number of nitrogens with zero attached hydrogens (tertiary/aromatic N) is 4. The van der Waals surface area contributed by atoms with Crippen molar-refractivity contribution in [3.8, 4) is 0 Å². The lowest BCUT2D eigenvalue weighted by Gasteiger charge is -2.27. The number of fused-ring (bicyclic) bond motifs is 2. The third-order valence-corrected chi connectivity index (χ3v) is 4.99. The smallest absolute Gasteiger partial charge is 0.150 e. The molecule has 3 aromatic heterocycles. The molecule has 1 N–H and O–H groups in total. The van der Waals surface area contributed by atoms with Gasteiger partial charge < -0.3 is 4.90 Å². The van der Waals surface area contributed by atoms with E-state index in [1.807, 2.05) is 12.3 Å². The maximum Gasteiger partial charge on any atom is 0.150 e. The Labute approximate surface area is 121 Å². The van der Waals surface area contributed by atoms with Crippen molar-refractivity contribution in [1.82, 2.24) is 20.2 Å². The van der Waals surface area contributed by atoms with Crippen molar-refractivity contribution in [3.05, 3.63) is 33.6 Å². The summed E-state index contributed by atoms with van der Waals surface area (Å²) in [5, 5.41) is 7.17. The highest BCUT2D eigenvalue weighted by molar-refractivity contribution is 9.11. The third-order valence-electron chi connectivity index (χ3n) is 3.36. The maximum absolute atomic E-state index is 4.47. The fourth-order valence-corrected chi connectivity index (χ4v) is 4.00. The fraction of sp³-hybridized carbons (Fsp3) is 0.250. The van der Waals surface area contributed by atoms with Crippen molar-refractivity contribution >= 4 is 43.3 Å². The lowest BCUT2D eigenvalue weighted by atomic mass is 10.1. The number of halogens is 1. The second kappa shape index (κ2) is 4.28. The zero-order valence-electron chi connectivity index (χ0n) is 9.93. The number of anilines is 1. The molecule has 5 nitrogen and oxygen atoms in total. The van der Waals surface area contributed by atoms with E-state index in [2.05, 4.69) is 41.0 Å². The van der Waals surface area contributed by atoms with Gasteiger partial charge in [-0.3, -0.25) is 5.10 Å². The number of aromatic nitrogens is 4. The van der Waals surface area contributed by atoms with Crippen LogP contribution in [0.15, 0.2) is 22.4 Å². The summed E-state index contributed by atoms with van der Waals surface area (Å²) in [4.78, 5) is 11.1. The summed E-state index contributed by atoms with van der Waals surface area (Å²) < 4.78 is 2.23. The Morgan fingerprint density at radius 1 is 1.37 bits per heavy atom. The van der Waals surface area contributed by atoms with Gasteiger partial charge in [-0.2, -0.15) is 5.10 Å². The minimum absolute atomic E-state index is 0.855. The molecule has 0 atom stereocenters. The van der Waals surface area contributed by atoms with E-state index in [0.29, 0.717) is 0 Å². The van der Waals surface area contributed by atoms with Crippen LogP contribution in [0.1, 0.15) is 11.3 Å². The summed E-state index contributed by atoms with van der Waals surface area (Å²) >= 11 is 5.20. The van der Waals surface area contributed by atoms with Crippen molar-refractivity contribution < 1.29 is 0 Å². The molecule has 0 spiro atoms. The van der Waals surface area contributed by atoms with E-state index in [0.717, 1.165) is 39.3 Å². The van der Waals surface area contributed by atoms with Gasteiger partial charge in [0.15, 0.2) is 0 Å². The maximum atomic E-state index is 4.47. The van der Waals surface area contributed by atoms with Crippen LogP contribution in [0.25, 0.3) is 10.2 Å². The van der Waals surface area contributed by atoms with Crippen LogP contribution < -0.4 is 4.90 Å². The molecule has 0 amide bonds. The molecular formula is C12H10BrN5S. The van der Waals surface area contributed by atoms with Crippen molar-refractivity contribution in [3.63, 3.8) is 0 Å². The summed E-state index contributed by atoms with van der Waals surface area (Å²) in [6, 6.07) is 2.04. The summed E-state index contributed by atoms with van der Waals surface area (Å²) in [6.07, 6.45) is 4.53. The van der Waals surface area contributed by atoms with Gasteiger partial charge in [-0.1, -0.05) is 0 Å². The van der Waals surface area contributed by atoms with E-state index in [1.54, 1.807) is 17.7 Å². The minimum atomic E-state index is 0.855. The van der Waals surface area contributed by atoms with Gasteiger partial charge >= 0.3 is 0 Å². The first-order chi connectivity index (χ1) is 9.31. The molecule has 0 aromatic carbocycles. The van der Waals surface area contributed by atoms with E-state index in [9.17, 15) is 0 Å². The van der Waals surface area contributed by atoms with Crippen LogP contribution in [0.5, 0.6) is 0 Å². The molecule has 0 saturated carbocycles. The molecule has 19 heavy (non-hydrogen) atoms. The first-order valence-corrected chi connectivity index (χ1v) is 7.58. The van der Waals surface area contributed by atoms with Crippen LogP contribution in [0.2, 0.25) is 0 Å². The highest BCUT2D eigenvalue weighted by Gasteiger charge is 2.21. The van der Waals surface area contributed by atoms with E-state index >= 15 is 0 Å². The van der Waals surface area contributed by atoms with Gasteiger partial charge in [0.1, 0.15) is 12.1 Å². The Balaban J connectivity index is 1.79. The van der Waals surface area contributed by atoms with Crippen LogP contribution in [-0.4, -0.2) is 26.7 Å². The molecular weight excluding hydrogens is 326 g/mol. The summed E-state index contributed by atoms with van der Waals surface area (Å²) in [7, 11) is 0. The predicted molar refractivity (Wildman–Crippen MR) is 78.5 cm³/mol. The van der Waals surface area contributed by atoms with E-state index in [1.165, 1.54) is 11.3 Å². The predicted octanol–water partition coefficient (Wildman–Crippen LogP) is 2.74. The quantitative estimate of drug-likeness (QED) is 0.742. The minimum Gasteiger partial charge on any atom is -0.350 e. The molecule has 96 valence electrons. The Kier molecular flexibility index (Phi) is 2.56. The van der Waals surface area contributed by atoms with E-state index < -0.39 is 0 Å². The number of hydrogen-bond acceptors (Lipinski definition) is 5. The molecule has 0 saturated heterocycles. The second-order valence-electron chi connectivity index (χ2n) is 4.51. The van der Waals surface area contributed by atoms with Crippen LogP contribution in [-0.2, 0) is 13.0 Å². The Bertz CT molecular complexity index is 750. The highest BCUT2D eigenvalue weighted by atomic mass is 79.9. The second-order valence-corrected chi connectivity index (χ2v) is 6.94. The van der Waals surface area contributed by atoms with E-state index in [-0.39, 0.29) is 0 Å². The SMILES string of the molecule is Brc1cc2ncnc(N3CCc4[nH]ncc4C3)c2s1. The van der Waals surface area contributed by atoms with Gasteiger partial charge in [0.2, 0.25) is 0 Å². The first kappa shape index (κ1) is 11.4. The highest BCUT2D eigenvalue weighted by Crippen LogP contribution is 2.35. The van der Waals surface area contributed by atoms with Gasteiger partial charge in [0.05, 0.1) is 20.2 Å². The lowest BCUT2D eigenvalue weighted by molar-refractivity contribution is 0.713. The van der Waals surface area contributed by atoms with Crippen molar-refractivity contribution in [2.75, 3.05) is 11.4 Å². The third kappa shape index (κ3) is 1.84. The van der Waals surface area contributed by atoms with Gasteiger partial charge in [0, 0.05) is 30.8 Å². The standard InChI is InChI=1S/C12H10BrN5S/c13-10-3-9-11(19-10)12(15-6-14-9)18-2-1-8-7(5-18)4-16-17-8/h3-4,6H,1-2,5H2,(H,16,17). The summed E-state index contributed by atoms with van der Waals surface area (Å²) in [6.45, 7) is 1.81. The number of H-pyrrole nitrogens is 1. The number of hydrogen-bond donors (Lipinski definition) is 1. The number of aromatic amines is 1. The molecule has 0 bridgehead atoms. The van der Waals surface area contributed by atoms with Crippen LogP contribution >= 0.6 is 27.3 Å². The van der Waals surface area contributed by atoms with Crippen molar-refractivity contribution in [1.29, 1.82) is 0 Å². The molecule has 0 aliphatic carbocycles. The van der Waals surface area contributed by atoms with Gasteiger partial charge in [-0.15, -0.1) is 11.3 Å². The summed E-state index contributed by atoms with van der Waals surface area (Å²) in [5.74, 6) is 1.02. The van der Waals surface area contributed by atoms with Crippen LogP contribution in [0.3, 0.4) is 0 Å². The average molecular weight is 336 g/mol. The molecule has 3 aromatic rings. The molecule has 7 heteroatoms. The molecule has 0 unspecified atom stereocenters. The molecule has 1 aliphatic rings. The zero-order valence-corrected chi connectivity index (χ0v) is 12.3. The van der Waals surface area contributed by atoms with Crippen molar-refractivity contribution in [2.24, 2.45) is 0 Å². The lowest BCUT2D eigenvalue weighted by Crippen LogP contribution is -2.30. The number of nitrogens with one attached hydrogen (secondary N) is 1. The van der Waals surface area contributed by atoms with E-state index in [4.69, 9.17) is 0 Å². The molecule has 4 heterocycles. The number of thiophene rings is 1. The van der Waals surface area contributed by atoms with Crippen LogP contribution in [0.4, 0.5) is 5.82 Å².